The molecule has 3 aromatic rings. The average molecular weight is 505 g/mol. The molecule has 1 atom stereocenters. The smallest absolute Gasteiger partial charge is 0.412 e. The van der Waals surface area contributed by atoms with Crippen LogP contribution in [0.2, 0.25) is 0 Å². The van der Waals surface area contributed by atoms with Crippen LogP contribution in [0.25, 0.3) is 0 Å². The number of hydrogen-bond acceptors (Lipinski definition) is 6. The third-order valence-electron chi connectivity index (χ3n) is 5.72. The molecule has 0 aliphatic heterocycles. The molecule has 3 N–H and O–H groups in total. The molecule has 0 bridgehead atoms. The van der Waals surface area contributed by atoms with Crippen molar-refractivity contribution in [3.05, 3.63) is 82.8 Å². The van der Waals surface area contributed by atoms with E-state index in [4.69, 9.17) is 4.74 Å². The van der Waals surface area contributed by atoms with Gasteiger partial charge in [0.2, 0.25) is 0 Å². The molecule has 0 spiro atoms. The molecule has 2 amide bonds. The molecular formula is C28H29FN4O4. The van der Waals surface area contributed by atoms with Crippen LogP contribution in [0.1, 0.15) is 59.7 Å². The summed E-state index contributed by atoms with van der Waals surface area (Å²) < 4.78 is 19.5. The Balaban J connectivity index is 1.55. The topological polar surface area (TPSA) is 109 Å². The molecule has 9 heteroatoms. The number of hydrogen-bond donors (Lipinski definition) is 3. The standard InChI is InChI=1S/C28H29FN4O4/c1-16(34)17-9-10-18-12-20(13-19(18)11-17)30-26(35)24-14-21(31-27(36)37-28(2,3)4)15-25(33-24)32-23-8-6-5-7-22(23)29/h5-11,14-15,20H,12-13H2,1-4H3,(H,30,35)(H2,31,32,33,36). The van der Waals surface area contributed by atoms with E-state index < -0.39 is 23.4 Å². The number of ketones is 1. The lowest BCUT2D eigenvalue weighted by Gasteiger charge is -2.20. The summed E-state index contributed by atoms with van der Waals surface area (Å²) in [6.07, 6.45) is 0.503. The number of aromatic nitrogens is 1. The summed E-state index contributed by atoms with van der Waals surface area (Å²) in [5.41, 5.74) is 2.48. The minimum atomic E-state index is -0.717. The Kier molecular flexibility index (Phi) is 7.24. The van der Waals surface area contributed by atoms with Crippen molar-refractivity contribution >= 4 is 35.0 Å². The van der Waals surface area contributed by atoms with E-state index in [0.29, 0.717) is 18.4 Å². The molecule has 0 saturated carbocycles. The molecule has 1 unspecified atom stereocenters. The van der Waals surface area contributed by atoms with Gasteiger partial charge in [-0.2, -0.15) is 0 Å². The van der Waals surface area contributed by atoms with Gasteiger partial charge in [-0.1, -0.05) is 24.3 Å². The highest BCUT2D eigenvalue weighted by atomic mass is 19.1. The first-order valence-electron chi connectivity index (χ1n) is 11.9. The lowest BCUT2D eigenvalue weighted by molar-refractivity contribution is 0.0635. The maximum Gasteiger partial charge on any atom is 0.412 e. The summed E-state index contributed by atoms with van der Waals surface area (Å²) in [7, 11) is 0. The minimum Gasteiger partial charge on any atom is -0.444 e. The van der Waals surface area contributed by atoms with Crippen LogP contribution >= 0.6 is 0 Å². The maximum absolute atomic E-state index is 14.2. The highest BCUT2D eigenvalue weighted by molar-refractivity contribution is 5.96. The Bertz CT molecular complexity index is 1370. The number of carbonyl (C=O) groups is 3. The second-order valence-corrected chi connectivity index (χ2v) is 9.98. The molecule has 0 fully saturated rings. The van der Waals surface area contributed by atoms with Crippen LogP contribution in [0.4, 0.5) is 26.4 Å². The van der Waals surface area contributed by atoms with Crippen molar-refractivity contribution in [2.75, 3.05) is 10.6 Å². The number of amides is 2. The Labute approximate surface area is 214 Å². The lowest BCUT2D eigenvalue weighted by Crippen LogP contribution is -2.36. The number of anilines is 3. The van der Waals surface area contributed by atoms with E-state index in [1.165, 1.54) is 31.2 Å². The van der Waals surface area contributed by atoms with E-state index in [-0.39, 0.29) is 34.7 Å². The fourth-order valence-electron chi connectivity index (χ4n) is 4.10. The number of benzene rings is 2. The summed E-state index contributed by atoms with van der Waals surface area (Å²) in [4.78, 5) is 41.6. The third kappa shape index (κ3) is 6.69. The van der Waals surface area contributed by atoms with Gasteiger partial charge in [-0.05, 0) is 75.9 Å². The van der Waals surface area contributed by atoms with Crippen LogP contribution in [0, 0.1) is 5.82 Å². The molecule has 192 valence electrons. The van der Waals surface area contributed by atoms with Crippen LogP contribution in [-0.2, 0) is 17.6 Å². The molecule has 2 aromatic carbocycles. The number of ether oxygens (including phenoxy) is 1. The second kappa shape index (κ2) is 10.4. The summed E-state index contributed by atoms with van der Waals surface area (Å²) in [5.74, 6) is -0.781. The zero-order chi connectivity index (χ0) is 26.7. The molecule has 0 radical (unpaired) electrons. The van der Waals surface area contributed by atoms with Crippen LogP contribution in [0.3, 0.4) is 0 Å². The largest absolute Gasteiger partial charge is 0.444 e. The molecular weight excluding hydrogens is 475 g/mol. The van der Waals surface area contributed by atoms with Crippen molar-refractivity contribution in [1.29, 1.82) is 0 Å². The number of fused-ring (bicyclic) bond motifs is 1. The second-order valence-electron chi connectivity index (χ2n) is 9.98. The molecule has 1 aliphatic carbocycles. The highest BCUT2D eigenvalue weighted by Crippen LogP contribution is 2.25. The van der Waals surface area contributed by atoms with Crippen LogP contribution in [0.5, 0.6) is 0 Å². The van der Waals surface area contributed by atoms with Gasteiger partial charge in [0.25, 0.3) is 5.91 Å². The quantitative estimate of drug-likeness (QED) is 0.387. The predicted molar refractivity (Wildman–Crippen MR) is 139 cm³/mol. The average Bonchev–Trinajstić information content (AvgIpc) is 3.20. The normalized spacial score (nSPS) is 14.5. The molecule has 4 rings (SSSR count). The number of halogens is 1. The number of rotatable bonds is 6. The van der Waals surface area contributed by atoms with Gasteiger partial charge >= 0.3 is 6.09 Å². The van der Waals surface area contributed by atoms with Crippen molar-refractivity contribution < 1.29 is 23.5 Å². The molecule has 1 heterocycles. The van der Waals surface area contributed by atoms with Crippen molar-refractivity contribution in [1.82, 2.24) is 10.3 Å². The molecule has 8 nitrogen and oxygen atoms in total. The van der Waals surface area contributed by atoms with E-state index in [1.54, 1.807) is 39.0 Å². The van der Waals surface area contributed by atoms with Crippen molar-refractivity contribution in [3.63, 3.8) is 0 Å². The van der Waals surface area contributed by atoms with E-state index >= 15 is 0 Å². The van der Waals surface area contributed by atoms with Crippen molar-refractivity contribution in [2.24, 2.45) is 0 Å². The molecule has 0 saturated heterocycles. The fourth-order valence-corrected chi connectivity index (χ4v) is 4.10. The van der Waals surface area contributed by atoms with E-state index in [1.807, 2.05) is 12.1 Å². The van der Waals surface area contributed by atoms with Crippen LogP contribution < -0.4 is 16.0 Å². The van der Waals surface area contributed by atoms with E-state index in [0.717, 1.165) is 11.1 Å². The lowest BCUT2D eigenvalue weighted by atomic mass is 10.0. The number of nitrogens with zero attached hydrogens (tertiary/aromatic N) is 1. The Morgan fingerprint density at radius 2 is 1.73 bits per heavy atom. The fraction of sp³-hybridized carbons (Fsp3) is 0.286. The van der Waals surface area contributed by atoms with Gasteiger partial charge < -0.3 is 15.4 Å². The zero-order valence-electron chi connectivity index (χ0n) is 21.1. The first-order valence-corrected chi connectivity index (χ1v) is 11.9. The van der Waals surface area contributed by atoms with Gasteiger partial charge in [-0.3, -0.25) is 14.9 Å². The molecule has 1 aliphatic rings. The molecule has 1 aromatic heterocycles. The number of para-hydroxylation sites is 1. The van der Waals surface area contributed by atoms with E-state index in [2.05, 4.69) is 20.9 Å². The summed E-state index contributed by atoms with van der Waals surface area (Å²) in [6.45, 7) is 6.74. The summed E-state index contributed by atoms with van der Waals surface area (Å²) in [5, 5.41) is 8.46. The summed E-state index contributed by atoms with van der Waals surface area (Å²) >= 11 is 0. The first kappa shape index (κ1) is 25.8. The maximum atomic E-state index is 14.2. The number of pyridine rings is 1. The minimum absolute atomic E-state index is 0.0105. The SMILES string of the molecule is CC(=O)c1ccc2c(c1)CC(NC(=O)c1cc(NC(=O)OC(C)(C)C)cc(Nc3ccccc3F)n1)C2. The Morgan fingerprint density at radius 1 is 1.00 bits per heavy atom. The number of Topliss-reactive ketones (excluding diaryl/α,β-unsaturated/α-hetero) is 1. The predicted octanol–water partition coefficient (Wildman–Crippen LogP) is 5.41. The zero-order valence-corrected chi connectivity index (χ0v) is 21.1. The summed E-state index contributed by atoms with van der Waals surface area (Å²) in [6, 6.07) is 14.4. The third-order valence-corrected chi connectivity index (χ3v) is 5.72. The van der Waals surface area contributed by atoms with Gasteiger partial charge in [0.15, 0.2) is 5.78 Å². The van der Waals surface area contributed by atoms with Gasteiger partial charge in [-0.15, -0.1) is 0 Å². The first-order chi connectivity index (χ1) is 17.5. The molecule has 37 heavy (non-hydrogen) atoms. The van der Waals surface area contributed by atoms with Gasteiger partial charge in [0.1, 0.15) is 22.9 Å². The highest BCUT2D eigenvalue weighted by Gasteiger charge is 2.25. The van der Waals surface area contributed by atoms with E-state index in [9.17, 15) is 18.8 Å². The van der Waals surface area contributed by atoms with Crippen molar-refractivity contribution in [2.45, 2.75) is 52.2 Å². The van der Waals surface area contributed by atoms with Gasteiger partial charge in [0, 0.05) is 17.7 Å². The van der Waals surface area contributed by atoms with Crippen molar-refractivity contribution in [3.8, 4) is 0 Å². The van der Waals surface area contributed by atoms with Crippen LogP contribution in [-0.4, -0.2) is 34.4 Å². The number of nitrogens with one attached hydrogen (secondary N) is 3. The Morgan fingerprint density at radius 3 is 2.43 bits per heavy atom. The number of carbonyl (C=O) groups excluding carboxylic acids is 3. The monoisotopic (exact) mass is 504 g/mol. The van der Waals surface area contributed by atoms with Gasteiger partial charge in [0.05, 0.1) is 11.4 Å². The van der Waals surface area contributed by atoms with Crippen LogP contribution in [0.15, 0.2) is 54.6 Å². The Hall–Kier alpha value is -4.27. The van der Waals surface area contributed by atoms with Gasteiger partial charge in [-0.25, -0.2) is 14.2 Å².